The topological polar surface area (TPSA) is 32.3 Å². The summed E-state index contributed by atoms with van der Waals surface area (Å²) in [6.45, 7) is 1.24. The fourth-order valence-electron chi connectivity index (χ4n) is 3.48. The summed E-state index contributed by atoms with van der Waals surface area (Å²) in [5, 5.41) is 2.73. The van der Waals surface area contributed by atoms with E-state index in [1.54, 1.807) is 0 Å². The van der Waals surface area contributed by atoms with Crippen LogP contribution < -0.4 is 5.32 Å². The Morgan fingerprint density at radius 3 is 2.39 bits per heavy atom. The number of benzene rings is 1. The molecule has 0 heterocycles. The third-order valence-corrected chi connectivity index (χ3v) is 4.42. The molecule has 0 bridgehead atoms. The van der Waals surface area contributed by atoms with Crippen LogP contribution in [0.3, 0.4) is 0 Å². The zero-order chi connectivity index (χ0) is 17.1. The molecule has 6 heteroatoms. The van der Waals surface area contributed by atoms with E-state index in [2.05, 4.69) is 10.2 Å². The molecule has 1 saturated carbocycles. The van der Waals surface area contributed by atoms with E-state index in [1.807, 2.05) is 14.1 Å². The molecule has 1 N–H and O–H groups in total. The smallest absolute Gasteiger partial charge is 0.351 e. The average molecular weight is 328 g/mol. The second-order valence-electron chi connectivity index (χ2n) is 6.67. The van der Waals surface area contributed by atoms with Gasteiger partial charge in [0.15, 0.2) is 0 Å². The van der Waals surface area contributed by atoms with Crippen molar-refractivity contribution in [2.24, 2.45) is 5.41 Å². The first-order valence-electron chi connectivity index (χ1n) is 7.83. The maximum atomic E-state index is 13.0. The van der Waals surface area contributed by atoms with Crippen LogP contribution in [0.5, 0.6) is 0 Å². The molecule has 2 rings (SSSR count). The number of hydrogen-bond acceptors (Lipinski definition) is 2. The van der Waals surface area contributed by atoms with E-state index < -0.39 is 17.6 Å². The molecule has 1 fully saturated rings. The van der Waals surface area contributed by atoms with Crippen molar-refractivity contribution in [2.45, 2.75) is 31.9 Å². The minimum Gasteiger partial charge on any atom is -0.351 e. The van der Waals surface area contributed by atoms with Crippen molar-refractivity contribution in [3.63, 3.8) is 0 Å². The molecule has 0 radical (unpaired) electrons. The number of carbonyl (C=O) groups is 1. The second-order valence-corrected chi connectivity index (χ2v) is 6.67. The number of nitrogens with one attached hydrogen (secondary N) is 1. The zero-order valence-corrected chi connectivity index (χ0v) is 13.5. The summed E-state index contributed by atoms with van der Waals surface area (Å²) in [5.41, 5.74) is -1.23. The molecule has 1 aromatic rings. The predicted octanol–water partition coefficient (Wildman–Crippen LogP) is 3.56. The van der Waals surface area contributed by atoms with Gasteiger partial charge in [0.2, 0.25) is 0 Å². The summed E-state index contributed by atoms with van der Waals surface area (Å²) in [6, 6.07) is 4.92. The second kappa shape index (κ2) is 6.91. The van der Waals surface area contributed by atoms with Crippen LogP contribution in [0.4, 0.5) is 13.2 Å². The van der Waals surface area contributed by atoms with Gasteiger partial charge in [-0.2, -0.15) is 13.2 Å². The quantitative estimate of drug-likeness (QED) is 0.896. The molecular weight excluding hydrogens is 305 g/mol. The van der Waals surface area contributed by atoms with Crippen molar-refractivity contribution < 1.29 is 18.0 Å². The Kier molecular flexibility index (Phi) is 5.34. The van der Waals surface area contributed by atoms with Gasteiger partial charge in [-0.3, -0.25) is 4.79 Å². The molecule has 1 amide bonds. The maximum absolute atomic E-state index is 13.0. The maximum Gasteiger partial charge on any atom is 0.417 e. The first kappa shape index (κ1) is 17.8. The summed E-state index contributed by atoms with van der Waals surface area (Å²) in [6.07, 6.45) is -0.340. The van der Waals surface area contributed by atoms with Crippen molar-refractivity contribution >= 4 is 5.91 Å². The third kappa shape index (κ3) is 4.47. The van der Waals surface area contributed by atoms with Crippen molar-refractivity contribution in [3.8, 4) is 0 Å². The fraction of sp³-hybridized carbons (Fsp3) is 0.588. The summed E-state index contributed by atoms with van der Waals surface area (Å²) in [5.74, 6) is -0.650. The number of halogens is 3. The monoisotopic (exact) mass is 328 g/mol. The van der Waals surface area contributed by atoms with Gasteiger partial charge in [-0.1, -0.05) is 25.0 Å². The van der Waals surface area contributed by atoms with E-state index in [0.29, 0.717) is 6.54 Å². The van der Waals surface area contributed by atoms with Crippen LogP contribution in [0.2, 0.25) is 0 Å². The minimum absolute atomic E-state index is 0.0354. The predicted molar refractivity (Wildman–Crippen MR) is 83.2 cm³/mol. The molecule has 1 aliphatic carbocycles. The first-order chi connectivity index (χ1) is 10.7. The lowest BCUT2D eigenvalue weighted by atomic mass is 9.85. The largest absolute Gasteiger partial charge is 0.417 e. The molecule has 0 unspecified atom stereocenters. The number of amides is 1. The van der Waals surface area contributed by atoms with Crippen molar-refractivity contribution in [3.05, 3.63) is 35.4 Å². The van der Waals surface area contributed by atoms with Gasteiger partial charge in [-0.15, -0.1) is 0 Å². The summed E-state index contributed by atoms with van der Waals surface area (Å²) >= 11 is 0. The molecule has 0 spiro atoms. The van der Waals surface area contributed by atoms with Crippen LogP contribution in [0, 0.1) is 5.41 Å². The van der Waals surface area contributed by atoms with Gasteiger partial charge in [-0.25, -0.2) is 0 Å². The molecule has 0 aromatic heterocycles. The highest BCUT2D eigenvalue weighted by Gasteiger charge is 2.37. The van der Waals surface area contributed by atoms with Crippen LogP contribution in [0.15, 0.2) is 24.3 Å². The Labute approximate surface area is 134 Å². The number of alkyl halides is 3. The van der Waals surface area contributed by atoms with Crippen LogP contribution in [-0.2, 0) is 6.18 Å². The molecule has 0 aliphatic heterocycles. The Bertz CT molecular complexity index is 549. The molecule has 128 valence electrons. The zero-order valence-electron chi connectivity index (χ0n) is 13.5. The first-order valence-corrected chi connectivity index (χ1v) is 7.83. The molecular formula is C17H23F3N2O. The molecule has 1 aliphatic rings. The highest BCUT2D eigenvalue weighted by atomic mass is 19.4. The molecule has 0 atom stereocenters. The SMILES string of the molecule is CN(C)CC1(CNC(=O)c2ccccc2C(F)(F)F)CCCC1. The standard InChI is InChI=1S/C17H23F3N2O/c1-22(2)12-16(9-5-6-10-16)11-21-15(23)13-7-3-4-8-14(13)17(18,19)20/h3-4,7-8H,5-6,9-12H2,1-2H3,(H,21,23). The van der Waals surface area contributed by atoms with Crippen molar-refractivity contribution in [2.75, 3.05) is 27.2 Å². The van der Waals surface area contributed by atoms with Gasteiger partial charge in [-0.05, 0) is 39.1 Å². The Hall–Kier alpha value is -1.56. The van der Waals surface area contributed by atoms with Crippen LogP contribution >= 0.6 is 0 Å². The fourth-order valence-corrected chi connectivity index (χ4v) is 3.48. The normalized spacial score (nSPS) is 17.5. The lowest BCUT2D eigenvalue weighted by molar-refractivity contribution is -0.137. The van der Waals surface area contributed by atoms with Crippen LogP contribution in [0.1, 0.15) is 41.6 Å². The van der Waals surface area contributed by atoms with Gasteiger partial charge in [0.1, 0.15) is 0 Å². The van der Waals surface area contributed by atoms with E-state index in [9.17, 15) is 18.0 Å². The van der Waals surface area contributed by atoms with Crippen LogP contribution in [0.25, 0.3) is 0 Å². The third-order valence-electron chi connectivity index (χ3n) is 4.42. The number of nitrogens with zero attached hydrogens (tertiary/aromatic N) is 1. The van der Waals surface area contributed by atoms with Crippen molar-refractivity contribution in [1.82, 2.24) is 10.2 Å². The van der Waals surface area contributed by atoms with Gasteiger partial charge in [0.05, 0.1) is 11.1 Å². The van der Waals surface area contributed by atoms with E-state index in [1.165, 1.54) is 18.2 Å². The lowest BCUT2D eigenvalue weighted by Crippen LogP contribution is -2.42. The lowest BCUT2D eigenvalue weighted by Gasteiger charge is -2.32. The van der Waals surface area contributed by atoms with E-state index in [0.717, 1.165) is 38.3 Å². The molecule has 0 saturated heterocycles. The van der Waals surface area contributed by atoms with E-state index >= 15 is 0 Å². The molecule has 3 nitrogen and oxygen atoms in total. The average Bonchev–Trinajstić information content (AvgIpc) is 2.92. The molecule has 1 aromatic carbocycles. The van der Waals surface area contributed by atoms with Gasteiger partial charge < -0.3 is 10.2 Å². The summed E-state index contributed by atoms with van der Waals surface area (Å²) < 4.78 is 39.0. The van der Waals surface area contributed by atoms with Gasteiger partial charge in [0.25, 0.3) is 5.91 Å². The Balaban J connectivity index is 2.11. The number of carbonyl (C=O) groups excluding carboxylic acids is 1. The highest BCUT2D eigenvalue weighted by molar-refractivity contribution is 5.95. The number of hydrogen-bond donors (Lipinski definition) is 1. The van der Waals surface area contributed by atoms with E-state index in [-0.39, 0.29) is 11.0 Å². The Morgan fingerprint density at radius 1 is 1.22 bits per heavy atom. The van der Waals surface area contributed by atoms with Gasteiger partial charge >= 0.3 is 6.18 Å². The molecule has 23 heavy (non-hydrogen) atoms. The number of rotatable bonds is 5. The van der Waals surface area contributed by atoms with Crippen LogP contribution in [-0.4, -0.2) is 38.0 Å². The minimum atomic E-state index is -4.53. The van der Waals surface area contributed by atoms with E-state index in [4.69, 9.17) is 0 Å². The van der Waals surface area contributed by atoms with Gasteiger partial charge in [0, 0.05) is 18.5 Å². The highest BCUT2D eigenvalue weighted by Crippen LogP contribution is 2.38. The van der Waals surface area contributed by atoms with Crippen molar-refractivity contribution in [1.29, 1.82) is 0 Å². The Morgan fingerprint density at radius 2 is 1.83 bits per heavy atom. The summed E-state index contributed by atoms with van der Waals surface area (Å²) in [7, 11) is 3.95. The summed E-state index contributed by atoms with van der Waals surface area (Å²) in [4.78, 5) is 14.3.